The third kappa shape index (κ3) is 8.15. The average Bonchev–Trinajstić information content (AvgIpc) is 1.99. The maximum absolute atomic E-state index is 6.00. The number of rotatable bonds is 7. The first kappa shape index (κ1) is 11.2. The summed E-state index contributed by atoms with van der Waals surface area (Å²) in [6, 6.07) is 0. The van der Waals surface area contributed by atoms with Gasteiger partial charge in [0.15, 0.2) is 0 Å². The molecule has 0 bridgehead atoms. The third-order valence-electron chi connectivity index (χ3n) is 1.67. The first-order chi connectivity index (χ1) is 5.31. The van der Waals surface area contributed by atoms with Gasteiger partial charge in [-0.1, -0.05) is 26.7 Å². The van der Waals surface area contributed by atoms with Gasteiger partial charge in [0.2, 0.25) is 0 Å². The van der Waals surface area contributed by atoms with Crippen LogP contribution in [0, 0.1) is 0 Å². The monoisotopic (exact) mass is 177 g/mol. The Balaban J connectivity index is 2.97. The second-order valence-electron chi connectivity index (χ2n) is 2.94. The summed E-state index contributed by atoms with van der Waals surface area (Å²) >= 11 is 6.00. The van der Waals surface area contributed by atoms with Gasteiger partial charge in [-0.05, 0) is 19.4 Å². The van der Waals surface area contributed by atoms with Crippen LogP contribution >= 0.6 is 11.6 Å². The summed E-state index contributed by atoms with van der Waals surface area (Å²) < 4.78 is 0. The Kier molecular flexibility index (Phi) is 8.54. The van der Waals surface area contributed by atoms with Crippen LogP contribution in [0.5, 0.6) is 0 Å². The van der Waals surface area contributed by atoms with Crippen molar-refractivity contribution in [2.45, 2.75) is 44.9 Å². The molecule has 0 fully saturated rings. The van der Waals surface area contributed by atoms with Gasteiger partial charge in [-0.25, -0.2) is 0 Å². The molecule has 0 aromatic carbocycles. The van der Waals surface area contributed by atoms with Gasteiger partial charge in [0.1, 0.15) is 0 Å². The fourth-order valence-corrected chi connectivity index (χ4v) is 1.30. The van der Waals surface area contributed by atoms with E-state index in [4.69, 9.17) is 11.6 Å². The zero-order chi connectivity index (χ0) is 8.53. The molecular weight excluding hydrogens is 158 g/mol. The molecule has 0 aromatic rings. The minimum absolute atomic E-state index is 0.330. The highest BCUT2D eigenvalue weighted by Crippen LogP contribution is 2.02. The van der Waals surface area contributed by atoms with Crippen molar-refractivity contribution in [2.24, 2.45) is 0 Å². The first-order valence-corrected chi connectivity index (χ1v) is 5.09. The molecule has 0 aliphatic rings. The van der Waals surface area contributed by atoms with Crippen molar-refractivity contribution < 1.29 is 0 Å². The van der Waals surface area contributed by atoms with Gasteiger partial charge in [0.25, 0.3) is 0 Å². The van der Waals surface area contributed by atoms with Crippen LogP contribution in [-0.4, -0.2) is 18.5 Å². The molecule has 11 heavy (non-hydrogen) atoms. The van der Waals surface area contributed by atoms with Gasteiger partial charge in [-0.2, -0.15) is 0 Å². The lowest BCUT2D eigenvalue weighted by Gasteiger charge is -2.08. The van der Waals surface area contributed by atoms with Gasteiger partial charge in [-0.3, -0.25) is 0 Å². The van der Waals surface area contributed by atoms with E-state index in [0.717, 1.165) is 19.5 Å². The van der Waals surface area contributed by atoms with Crippen LogP contribution < -0.4 is 5.32 Å². The second-order valence-corrected chi connectivity index (χ2v) is 3.56. The normalized spacial score (nSPS) is 13.4. The lowest BCUT2D eigenvalue weighted by molar-refractivity contribution is 0.600. The molecule has 2 heteroatoms. The van der Waals surface area contributed by atoms with Gasteiger partial charge < -0.3 is 5.32 Å². The van der Waals surface area contributed by atoms with Crippen molar-refractivity contribution in [3.05, 3.63) is 0 Å². The van der Waals surface area contributed by atoms with Gasteiger partial charge >= 0.3 is 0 Å². The predicted octanol–water partition coefficient (Wildman–Crippen LogP) is 2.78. The molecule has 0 rings (SSSR count). The number of halogens is 1. The van der Waals surface area contributed by atoms with E-state index in [2.05, 4.69) is 19.2 Å². The van der Waals surface area contributed by atoms with Crippen molar-refractivity contribution in [2.75, 3.05) is 13.1 Å². The maximum atomic E-state index is 6.00. The van der Waals surface area contributed by atoms with Crippen LogP contribution in [0.1, 0.15) is 39.5 Å². The smallest absolute Gasteiger partial charge is 0.0460 e. The highest BCUT2D eigenvalue weighted by molar-refractivity contribution is 6.20. The Bertz CT molecular complexity index is 76.0. The molecule has 68 valence electrons. The lowest BCUT2D eigenvalue weighted by Crippen LogP contribution is -2.23. The van der Waals surface area contributed by atoms with Crippen molar-refractivity contribution in [1.29, 1.82) is 0 Å². The Labute approximate surface area is 75.5 Å². The molecule has 1 atom stereocenters. The van der Waals surface area contributed by atoms with E-state index >= 15 is 0 Å². The van der Waals surface area contributed by atoms with Gasteiger partial charge in [0.05, 0.1) is 0 Å². The van der Waals surface area contributed by atoms with Crippen molar-refractivity contribution in [3.8, 4) is 0 Å². The van der Waals surface area contributed by atoms with Gasteiger partial charge in [0, 0.05) is 11.9 Å². The molecule has 0 heterocycles. The van der Waals surface area contributed by atoms with Crippen LogP contribution in [0.15, 0.2) is 0 Å². The summed E-state index contributed by atoms with van der Waals surface area (Å²) in [5, 5.41) is 3.67. The molecule has 0 spiro atoms. The van der Waals surface area contributed by atoms with E-state index in [1.54, 1.807) is 0 Å². The Morgan fingerprint density at radius 2 is 2.00 bits per heavy atom. The average molecular weight is 178 g/mol. The lowest BCUT2D eigenvalue weighted by atomic mass is 10.2. The van der Waals surface area contributed by atoms with Crippen LogP contribution in [0.25, 0.3) is 0 Å². The van der Waals surface area contributed by atoms with Crippen molar-refractivity contribution in [3.63, 3.8) is 0 Å². The summed E-state index contributed by atoms with van der Waals surface area (Å²) in [5.74, 6) is 0. The quantitative estimate of drug-likeness (QED) is 0.466. The number of hydrogen-bond donors (Lipinski definition) is 1. The Morgan fingerprint density at radius 3 is 2.55 bits per heavy atom. The van der Waals surface area contributed by atoms with E-state index in [-0.39, 0.29) is 0 Å². The Morgan fingerprint density at radius 1 is 1.27 bits per heavy atom. The molecule has 0 saturated heterocycles. The van der Waals surface area contributed by atoms with Crippen LogP contribution in [0.2, 0.25) is 0 Å². The zero-order valence-corrected chi connectivity index (χ0v) is 8.45. The maximum Gasteiger partial charge on any atom is 0.0460 e. The van der Waals surface area contributed by atoms with Crippen LogP contribution in [0.4, 0.5) is 0 Å². The molecule has 0 aliphatic heterocycles. The molecular formula is C9H20ClN. The summed E-state index contributed by atoms with van der Waals surface area (Å²) in [6.45, 7) is 6.45. The number of nitrogens with one attached hydrogen (secondary N) is 1. The SMILES string of the molecule is CCCCNCC(Cl)CCC. The van der Waals surface area contributed by atoms with Crippen LogP contribution in [-0.2, 0) is 0 Å². The topological polar surface area (TPSA) is 12.0 Å². The molecule has 0 aromatic heterocycles. The molecule has 1 N–H and O–H groups in total. The largest absolute Gasteiger partial charge is 0.315 e. The second kappa shape index (κ2) is 8.35. The molecule has 0 aliphatic carbocycles. The molecule has 0 saturated carbocycles. The van der Waals surface area contributed by atoms with Gasteiger partial charge in [-0.15, -0.1) is 11.6 Å². The van der Waals surface area contributed by atoms with E-state index in [0.29, 0.717) is 5.38 Å². The number of hydrogen-bond acceptors (Lipinski definition) is 1. The Hall–Kier alpha value is 0.250. The third-order valence-corrected chi connectivity index (χ3v) is 2.05. The fraction of sp³-hybridized carbons (Fsp3) is 1.00. The predicted molar refractivity (Wildman–Crippen MR) is 52.3 cm³/mol. The molecule has 0 amide bonds. The molecule has 1 unspecified atom stereocenters. The number of alkyl halides is 1. The first-order valence-electron chi connectivity index (χ1n) is 4.66. The minimum Gasteiger partial charge on any atom is -0.315 e. The molecule has 1 nitrogen and oxygen atoms in total. The number of unbranched alkanes of at least 4 members (excludes halogenated alkanes) is 1. The highest BCUT2D eigenvalue weighted by atomic mass is 35.5. The van der Waals surface area contributed by atoms with E-state index in [9.17, 15) is 0 Å². The van der Waals surface area contributed by atoms with Crippen molar-refractivity contribution in [1.82, 2.24) is 5.32 Å². The standard InChI is InChI=1S/C9H20ClN/c1-3-5-7-11-8-9(10)6-4-2/h9,11H,3-8H2,1-2H3. The zero-order valence-electron chi connectivity index (χ0n) is 7.70. The summed E-state index contributed by atoms with van der Waals surface area (Å²) in [7, 11) is 0. The summed E-state index contributed by atoms with van der Waals surface area (Å²) in [6.07, 6.45) is 4.83. The highest BCUT2D eigenvalue weighted by Gasteiger charge is 2.00. The summed E-state index contributed by atoms with van der Waals surface area (Å²) in [4.78, 5) is 0. The fourth-order valence-electron chi connectivity index (χ4n) is 0.976. The van der Waals surface area contributed by atoms with Crippen molar-refractivity contribution >= 4 is 11.6 Å². The van der Waals surface area contributed by atoms with E-state index in [1.165, 1.54) is 19.3 Å². The summed E-state index contributed by atoms with van der Waals surface area (Å²) in [5.41, 5.74) is 0. The molecule has 0 radical (unpaired) electrons. The van der Waals surface area contributed by atoms with Crippen LogP contribution in [0.3, 0.4) is 0 Å². The van der Waals surface area contributed by atoms with E-state index in [1.807, 2.05) is 0 Å². The van der Waals surface area contributed by atoms with E-state index < -0.39 is 0 Å². The minimum atomic E-state index is 0.330.